The number of rotatable bonds is 10. The molecular formula is C26H35N5O5S. The molecule has 1 aromatic carbocycles. The van der Waals surface area contributed by atoms with Gasteiger partial charge in [-0.15, -0.1) is 0 Å². The minimum Gasteiger partial charge on any atom is -0.497 e. The summed E-state index contributed by atoms with van der Waals surface area (Å²) in [6.45, 7) is 6.76. The van der Waals surface area contributed by atoms with Crippen molar-refractivity contribution in [2.45, 2.75) is 20.4 Å². The van der Waals surface area contributed by atoms with Crippen molar-refractivity contribution in [2.75, 3.05) is 64.2 Å². The van der Waals surface area contributed by atoms with Crippen LogP contribution in [-0.4, -0.2) is 92.2 Å². The van der Waals surface area contributed by atoms with Gasteiger partial charge in [0.2, 0.25) is 10.0 Å². The molecule has 1 amide bonds. The number of carbonyl (C=O) groups is 1. The van der Waals surface area contributed by atoms with Crippen LogP contribution in [0.15, 0.2) is 42.6 Å². The monoisotopic (exact) mass is 529 g/mol. The van der Waals surface area contributed by atoms with Crippen LogP contribution in [-0.2, 0) is 21.3 Å². The summed E-state index contributed by atoms with van der Waals surface area (Å²) < 4.78 is 38.4. The number of nitrogens with zero attached hydrogens (tertiary/aromatic N) is 5. The van der Waals surface area contributed by atoms with Crippen molar-refractivity contribution < 1.29 is 22.7 Å². The highest BCUT2D eigenvalue weighted by Gasteiger charge is 2.28. The first-order valence-electron chi connectivity index (χ1n) is 12.4. The van der Waals surface area contributed by atoms with E-state index in [1.807, 2.05) is 47.9 Å². The van der Waals surface area contributed by atoms with Crippen molar-refractivity contribution in [1.29, 1.82) is 0 Å². The van der Waals surface area contributed by atoms with E-state index < -0.39 is 10.0 Å². The molecule has 3 aromatic rings. The van der Waals surface area contributed by atoms with Crippen molar-refractivity contribution >= 4 is 27.4 Å². The SMILES string of the molecule is CCS(=O)(=O)N1CCN(C(=O)c2ccc3nc(C)c(N(CCOC)Cc4ccc(OC)cc4)n3c2)CC1. The third-order valence-corrected chi connectivity index (χ3v) is 8.57. The average Bonchev–Trinajstić information content (AvgIpc) is 3.25. The van der Waals surface area contributed by atoms with Crippen molar-refractivity contribution in [3.63, 3.8) is 0 Å². The van der Waals surface area contributed by atoms with Gasteiger partial charge in [0.15, 0.2) is 0 Å². The van der Waals surface area contributed by atoms with Gasteiger partial charge < -0.3 is 19.3 Å². The number of aromatic nitrogens is 2. The third kappa shape index (κ3) is 5.89. The smallest absolute Gasteiger partial charge is 0.255 e. The van der Waals surface area contributed by atoms with Crippen LogP contribution < -0.4 is 9.64 Å². The van der Waals surface area contributed by atoms with Crippen molar-refractivity contribution in [2.24, 2.45) is 0 Å². The maximum absolute atomic E-state index is 13.4. The highest BCUT2D eigenvalue weighted by atomic mass is 32.2. The van der Waals surface area contributed by atoms with Crippen molar-refractivity contribution in [3.8, 4) is 5.75 Å². The van der Waals surface area contributed by atoms with E-state index in [1.165, 1.54) is 4.31 Å². The van der Waals surface area contributed by atoms with E-state index in [9.17, 15) is 13.2 Å². The van der Waals surface area contributed by atoms with E-state index in [-0.39, 0.29) is 11.7 Å². The summed E-state index contributed by atoms with van der Waals surface area (Å²) in [4.78, 5) is 22.0. The van der Waals surface area contributed by atoms with E-state index in [2.05, 4.69) is 4.90 Å². The summed E-state index contributed by atoms with van der Waals surface area (Å²) in [6.07, 6.45) is 1.83. The Morgan fingerprint density at radius 2 is 1.76 bits per heavy atom. The van der Waals surface area contributed by atoms with Gasteiger partial charge in [0, 0.05) is 52.6 Å². The number of benzene rings is 1. The maximum Gasteiger partial charge on any atom is 0.255 e. The van der Waals surface area contributed by atoms with Gasteiger partial charge in [-0.3, -0.25) is 9.20 Å². The lowest BCUT2D eigenvalue weighted by Gasteiger charge is -2.33. The topological polar surface area (TPSA) is 96.7 Å². The lowest BCUT2D eigenvalue weighted by Crippen LogP contribution is -2.50. The molecule has 0 radical (unpaired) electrons. The maximum atomic E-state index is 13.4. The van der Waals surface area contributed by atoms with Gasteiger partial charge in [-0.1, -0.05) is 12.1 Å². The quantitative estimate of drug-likeness (QED) is 0.398. The number of pyridine rings is 1. The summed E-state index contributed by atoms with van der Waals surface area (Å²) in [7, 11) is 0.0686. The molecule has 0 unspecified atom stereocenters. The fourth-order valence-electron chi connectivity index (χ4n) is 4.60. The third-order valence-electron chi connectivity index (χ3n) is 6.69. The number of methoxy groups -OCH3 is 2. The zero-order valence-corrected chi connectivity index (χ0v) is 22.7. The first-order chi connectivity index (χ1) is 17.8. The number of ether oxygens (including phenoxy) is 2. The molecular weight excluding hydrogens is 494 g/mol. The van der Waals surface area contributed by atoms with E-state index in [4.69, 9.17) is 14.5 Å². The predicted molar refractivity (Wildman–Crippen MR) is 143 cm³/mol. The highest BCUT2D eigenvalue weighted by Crippen LogP contribution is 2.26. The van der Waals surface area contributed by atoms with Crippen LogP contribution in [0.2, 0.25) is 0 Å². The van der Waals surface area contributed by atoms with Crippen molar-refractivity contribution in [3.05, 3.63) is 59.4 Å². The van der Waals surface area contributed by atoms with Crippen LogP contribution in [0, 0.1) is 6.92 Å². The Balaban J connectivity index is 1.60. The molecule has 0 aliphatic carbocycles. The standard InChI is InChI=1S/C26H35N5O5S/c1-5-37(33,34)30-14-12-28(13-15-30)26(32)22-8-11-24-27-20(2)25(31(24)19-22)29(16-17-35-3)18-21-6-9-23(36-4)10-7-21/h6-11,19H,5,12-18H2,1-4H3. The molecule has 1 aliphatic rings. The first-order valence-corrected chi connectivity index (χ1v) is 14.0. The minimum absolute atomic E-state index is 0.0659. The Morgan fingerprint density at radius 3 is 2.38 bits per heavy atom. The molecule has 4 rings (SSSR count). The van der Waals surface area contributed by atoms with Gasteiger partial charge in [0.1, 0.15) is 17.2 Å². The molecule has 0 spiro atoms. The number of hydrogen-bond acceptors (Lipinski definition) is 7. The number of piperazine rings is 1. The van der Waals surface area contributed by atoms with Gasteiger partial charge in [-0.2, -0.15) is 4.31 Å². The fraction of sp³-hybridized carbons (Fsp3) is 0.462. The van der Waals surface area contributed by atoms with Gasteiger partial charge in [0.05, 0.1) is 30.7 Å². The molecule has 3 heterocycles. The summed E-state index contributed by atoms with van der Waals surface area (Å²) >= 11 is 0. The summed E-state index contributed by atoms with van der Waals surface area (Å²) in [6, 6.07) is 11.6. The zero-order chi connectivity index (χ0) is 26.6. The van der Waals surface area contributed by atoms with Crippen LogP contribution in [0.4, 0.5) is 5.82 Å². The van der Waals surface area contributed by atoms with E-state index in [0.717, 1.165) is 28.5 Å². The summed E-state index contributed by atoms with van der Waals surface area (Å²) in [5.41, 5.74) is 3.25. The van der Waals surface area contributed by atoms with E-state index in [0.29, 0.717) is 51.4 Å². The highest BCUT2D eigenvalue weighted by molar-refractivity contribution is 7.89. The van der Waals surface area contributed by atoms with Crippen molar-refractivity contribution in [1.82, 2.24) is 18.6 Å². The predicted octanol–water partition coefficient (Wildman–Crippen LogP) is 2.41. The minimum atomic E-state index is -3.25. The second kappa shape index (κ2) is 11.5. The number of sulfonamides is 1. The largest absolute Gasteiger partial charge is 0.497 e. The van der Waals surface area contributed by atoms with E-state index >= 15 is 0 Å². The van der Waals surface area contributed by atoms with Gasteiger partial charge in [0.25, 0.3) is 5.91 Å². The second-order valence-corrected chi connectivity index (χ2v) is 11.3. The molecule has 1 saturated heterocycles. The zero-order valence-electron chi connectivity index (χ0n) is 21.9. The molecule has 37 heavy (non-hydrogen) atoms. The molecule has 0 atom stereocenters. The fourth-order valence-corrected chi connectivity index (χ4v) is 5.69. The average molecular weight is 530 g/mol. The summed E-state index contributed by atoms with van der Waals surface area (Å²) in [5, 5.41) is 0. The molecule has 11 heteroatoms. The summed E-state index contributed by atoms with van der Waals surface area (Å²) in [5.74, 6) is 1.65. The van der Waals surface area contributed by atoms with Crippen LogP contribution in [0.3, 0.4) is 0 Å². The van der Waals surface area contributed by atoms with Crippen LogP contribution in [0.25, 0.3) is 5.65 Å². The van der Waals surface area contributed by atoms with Gasteiger partial charge in [-0.05, 0) is 43.7 Å². The number of amides is 1. The van der Waals surface area contributed by atoms with Gasteiger partial charge >= 0.3 is 0 Å². The molecule has 2 aromatic heterocycles. The second-order valence-electron chi connectivity index (χ2n) is 9.02. The molecule has 1 aliphatic heterocycles. The van der Waals surface area contributed by atoms with Crippen LogP contribution in [0.1, 0.15) is 28.5 Å². The number of imidazole rings is 1. The number of hydrogen-bond donors (Lipinski definition) is 0. The number of anilines is 1. The van der Waals surface area contributed by atoms with Crippen LogP contribution in [0.5, 0.6) is 5.75 Å². The van der Waals surface area contributed by atoms with E-state index in [1.54, 1.807) is 32.1 Å². The first kappa shape index (κ1) is 26.9. The normalized spacial score (nSPS) is 14.8. The number of carbonyl (C=O) groups excluding carboxylic acids is 1. The van der Waals surface area contributed by atoms with Gasteiger partial charge in [-0.25, -0.2) is 13.4 Å². The van der Waals surface area contributed by atoms with Crippen LogP contribution >= 0.6 is 0 Å². The Bertz CT molecular complexity index is 1330. The molecule has 0 saturated carbocycles. The Kier molecular flexibility index (Phi) is 8.35. The number of aryl methyl sites for hydroxylation is 1. The number of fused-ring (bicyclic) bond motifs is 1. The molecule has 10 nitrogen and oxygen atoms in total. The Hall–Kier alpha value is -3.15. The molecule has 1 fully saturated rings. The Morgan fingerprint density at radius 1 is 1.05 bits per heavy atom. The Labute approximate surface area is 218 Å². The lowest BCUT2D eigenvalue weighted by molar-refractivity contribution is 0.0697. The lowest BCUT2D eigenvalue weighted by atomic mass is 10.2. The molecule has 0 bridgehead atoms. The molecule has 200 valence electrons. The molecule has 0 N–H and O–H groups in total.